The van der Waals surface area contributed by atoms with E-state index in [1.165, 1.54) is 6.92 Å². The molecule has 3 atom stereocenters. The summed E-state index contributed by atoms with van der Waals surface area (Å²) in [7, 11) is 0. The van der Waals surface area contributed by atoms with Gasteiger partial charge in [-0.3, -0.25) is 24.6 Å². The zero-order valence-electron chi connectivity index (χ0n) is 31.4. The lowest BCUT2D eigenvalue weighted by Gasteiger charge is -2.41. The Balaban J connectivity index is 1.09. The Morgan fingerprint density at radius 3 is 2.25 bits per heavy atom. The van der Waals surface area contributed by atoms with Gasteiger partial charge in [-0.05, 0) is 64.9 Å². The van der Waals surface area contributed by atoms with Crippen LogP contribution in [-0.2, 0) is 32.2 Å². The largest absolute Gasteiger partial charge is 0.392 e. The van der Waals surface area contributed by atoms with Crippen molar-refractivity contribution in [1.29, 1.82) is 0 Å². The third-order valence-corrected chi connectivity index (χ3v) is 10.2. The van der Waals surface area contributed by atoms with Gasteiger partial charge in [0.05, 0.1) is 23.7 Å². The molecule has 6 rings (SSSR count). The predicted octanol–water partition coefficient (Wildman–Crippen LogP) is 6.43. The highest BCUT2D eigenvalue weighted by Gasteiger charge is 2.34. The second kappa shape index (κ2) is 19.4. The van der Waals surface area contributed by atoms with Gasteiger partial charge in [-0.15, -0.1) is 0 Å². The van der Waals surface area contributed by atoms with Gasteiger partial charge in [-0.25, -0.2) is 0 Å². The monoisotopic (exact) mass is 749 g/mol. The predicted molar refractivity (Wildman–Crippen MR) is 211 cm³/mol. The first-order valence-electron chi connectivity index (χ1n) is 19.2. The first-order chi connectivity index (χ1) is 26.7. The minimum Gasteiger partial charge on any atom is -0.392 e. The quantitative estimate of drug-likeness (QED) is 0.0670. The molecule has 3 N–H and O–H groups in total. The van der Waals surface area contributed by atoms with Gasteiger partial charge < -0.3 is 30.1 Å². The number of amides is 2. The molecule has 0 unspecified atom stereocenters. The summed E-state index contributed by atoms with van der Waals surface area (Å²) >= 11 is 0. The van der Waals surface area contributed by atoms with Crippen molar-refractivity contribution < 1.29 is 29.1 Å². The summed E-state index contributed by atoms with van der Waals surface area (Å²) in [6.45, 7) is 6.59. The number of piperazine rings is 1. The lowest BCUT2D eigenvalue weighted by molar-refractivity contribution is -0.384. The highest BCUT2D eigenvalue weighted by atomic mass is 16.7. The fraction of sp³-hybridized carbons (Fsp3) is 0.395. The number of carbonyl (C=O) groups excluding carboxylic acids is 2. The summed E-state index contributed by atoms with van der Waals surface area (Å²) in [5, 5.41) is 26.5. The lowest BCUT2D eigenvalue weighted by atomic mass is 9.98. The van der Waals surface area contributed by atoms with E-state index in [0.717, 1.165) is 91.1 Å². The van der Waals surface area contributed by atoms with Gasteiger partial charge >= 0.3 is 0 Å². The fourth-order valence-electron chi connectivity index (χ4n) is 7.16. The third kappa shape index (κ3) is 11.4. The van der Waals surface area contributed by atoms with Crippen LogP contribution in [0.4, 0.5) is 11.4 Å². The van der Waals surface area contributed by atoms with Crippen LogP contribution in [0.15, 0.2) is 97.1 Å². The number of hydrogen-bond acceptors (Lipinski definition) is 9. The van der Waals surface area contributed by atoms with Gasteiger partial charge in [0, 0.05) is 89.0 Å². The zero-order valence-corrected chi connectivity index (χ0v) is 31.4. The Morgan fingerprint density at radius 1 is 0.818 bits per heavy atom. The molecule has 12 heteroatoms. The maximum atomic E-state index is 12.5. The number of nitro groups is 1. The number of aliphatic hydroxyl groups excluding tert-OH is 1. The van der Waals surface area contributed by atoms with Crippen LogP contribution < -0.4 is 15.5 Å². The summed E-state index contributed by atoms with van der Waals surface area (Å²) < 4.78 is 13.4. The molecule has 2 saturated heterocycles. The molecule has 0 aromatic heterocycles. The van der Waals surface area contributed by atoms with E-state index < -0.39 is 6.29 Å². The number of nitrogens with one attached hydrogen (secondary N) is 2. The summed E-state index contributed by atoms with van der Waals surface area (Å²) in [5.74, 6) is -0.0202. The van der Waals surface area contributed by atoms with Crippen molar-refractivity contribution >= 4 is 23.2 Å². The fourth-order valence-corrected chi connectivity index (χ4v) is 7.16. The molecule has 0 radical (unpaired) electrons. The molecular formula is C43H51N5O7. The molecule has 2 aliphatic heterocycles. The van der Waals surface area contributed by atoms with E-state index in [0.29, 0.717) is 25.9 Å². The van der Waals surface area contributed by atoms with Crippen molar-refractivity contribution in [3.05, 3.63) is 129 Å². The highest BCUT2D eigenvalue weighted by molar-refractivity contribution is 5.76. The Kier molecular flexibility index (Phi) is 14.0. The van der Waals surface area contributed by atoms with Gasteiger partial charge in [0.2, 0.25) is 11.8 Å². The minimum atomic E-state index is -0.594. The van der Waals surface area contributed by atoms with E-state index in [9.17, 15) is 24.8 Å². The van der Waals surface area contributed by atoms with Gasteiger partial charge in [0.1, 0.15) is 0 Å². The molecule has 2 amide bonds. The zero-order chi connectivity index (χ0) is 38.6. The molecule has 2 fully saturated rings. The Labute approximate surface area is 322 Å². The van der Waals surface area contributed by atoms with Crippen molar-refractivity contribution in [1.82, 2.24) is 15.5 Å². The SMILES string of the molecule is CC(=O)NCCCCCC(=O)NCc1cccc(-c2cccc([C@H]3O[C@@H](CN4CCN(c5ccc([N+](=O)[O-])cc5)CC4)C[C@@H](c4ccc(CO)cc4)O3)c2)c1. The maximum absolute atomic E-state index is 12.5. The van der Waals surface area contributed by atoms with Crippen LogP contribution in [0.1, 0.15) is 73.7 Å². The number of aliphatic hydroxyl groups is 1. The smallest absolute Gasteiger partial charge is 0.269 e. The molecule has 55 heavy (non-hydrogen) atoms. The first-order valence-corrected chi connectivity index (χ1v) is 19.2. The molecule has 290 valence electrons. The number of ether oxygens (including phenoxy) is 2. The second-order valence-electron chi connectivity index (χ2n) is 14.3. The molecule has 4 aromatic carbocycles. The second-order valence-corrected chi connectivity index (χ2v) is 14.3. The number of nitrogens with zero attached hydrogens (tertiary/aromatic N) is 3. The number of hydrogen-bond donors (Lipinski definition) is 3. The van der Waals surface area contributed by atoms with Crippen molar-refractivity contribution in [2.45, 2.75) is 70.7 Å². The average molecular weight is 750 g/mol. The molecule has 4 aromatic rings. The van der Waals surface area contributed by atoms with E-state index in [-0.39, 0.29) is 41.2 Å². The number of rotatable bonds is 16. The summed E-state index contributed by atoms with van der Waals surface area (Å²) in [6, 6.07) is 31.1. The number of benzene rings is 4. The number of carbonyl (C=O) groups is 2. The van der Waals surface area contributed by atoms with Crippen LogP contribution in [0.5, 0.6) is 0 Å². The summed E-state index contributed by atoms with van der Waals surface area (Å²) in [5.41, 5.74) is 6.93. The first kappa shape index (κ1) is 39.6. The van der Waals surface area contributed by atoms with Crippen molar-refractivity contribution in [3.63, 3.8) is 0 Å². The van der Waals surface area contributed by atoms with Gasteiger partial charge in [-0.1, -0.05) is 67.1 Å². The molecule has 0 saturated carbocycles. The Bertz CT molecular complexity index is 1880. The topological polar surface area (TPSA) is 147 Å². The minimum absolute atomic E-state index is 0.0139. The molecular weight excluding hydrogens is 699 g/mol. The number of non-ortho nitro benzene ring substituents is 1. The molecule has 0 spiro atoms. The molecule has 0 bridgehead atoms. The van der Waals surface area contributed by atoms with Gasteiger partial charge in [-0.2, -0.15) is 0 Å². The third-order valence-electron chi connectivity index (χ3n) is 10.2. The van der Waals surface area contributed by atoms with Gasteiger partial charge in [0.25, 0.3) is 5.69 Å². The Morgan fingerprint density at radius 2 is 1.55 bits per heavy atom. The number of nitro benzene ring substituents is 1. The van der Waals surface area contributed by atoms with Crippen LogP contribution in [0.25, 0.3) is 11.1 Å². The normalized spacial score (nSPS) is 18.8. The number of anilines is 1. The summed E-state index contributed by atoms with van der Waals surface area (Å²) in [4.78, 5) is 38.9. The van der Waals surface area contributed by atoms with Crippen LogP contribution >= 0.6 is 0 Å². The van der Waals surface area contributed by atoms with Gasteiger partial charge in [0.15, 0.2) is 6.29 Å². The van der Waals surface area contributed by atoms with Crippen LogP contribution in [0.3, 0.4) is 0 Å². The molecule has 2 heterocycles. The molecule has 0 aliphatic carbocycles. The van der Waals surface area contributed by atoms with Crippen LogP contribution in [0, 0.1) is 10.1 Å². The average Bonchev–Trinajstić information content (AvgIpc) is 3.21. The molecule has 12 nitrogen and oxygen atoms in total. The van der Waals surface area contributed by atoms with E-state index in [4.69, 9.17) is 9.47 Å². The van der Waals surface area contributed by atoms with E-state index in [1.54, 1.807) is 12.1 Å². The van der Waals surface area contributed by atoms with Crippen molar-refractivity contribution in [2.24, 2.45) is 0 Å². The van der Waals surface area contributed by atoms with Crippen molar-refractivity contribution in [3.8, 4) is 11.1 Å². The van der Waals surface area contributed by atoms with E-state index in [1.807, 2.05) is 60.7 Å². The number of unbranched alkanes of at least 4 members (excludes halogenated alkanes) is 2. The summed E-state index contributed by atoms with van der Waals surface area (Å²) in [6.07, 6.45) is 2.76. The van der Waals surface area contributed by atoms with Crippen LogP contribution in [-0.4, -0.2) is 72.1 Å². The maximum Gasteiger partial charge on any atom is 0.269 e. The molecule has 2 aliphatic rings. The van der Waals surface area contributed by atoms with Crippen LogP contribution in [0.2, 0.25) is 0 Å². The Hall–Kier alpha value is -5.14. The van der Waals surface area contributed by atoms with E-state index >= 15 is 0 Å². The standard InChI is InChI=1S/C43H51N5O7/c1-31(50)44-20-4-2-3-11-42(51)45-28-33-7-5-8-35(25-33)36-9-6-10-37(26-36)43-54-40(27-41(55-43)34-14-12-32(30-49)13-15-34)29-46-21-23-47(24-22-46)38-16-18-39(19-17-38)48(52)53/h5-10,12-19,25-26,40-41,43,49H,2-4,11,20-24,27-30H2,1H3,(H,44,50)(H,45,51)/t40-,41+,43+/m1/s1. The lowest BCUT2D eigenvalue weighted by Crippen LogP contribution is -2.49. The van der Waals surface area contributed by atoms with E-state index in [2.05, 4.69) is 44.7 Å². The van der Waals surface area contributed by atoms with Crippen molar-refractivity contribution in [2.75, 3.05) is 44.2 Å². The highest BCUT2D eigenvalue weighted by Crippen LogP contribution is 2.39.